The van der Waals surface area contributed by atoms with E-state index in [1.165, 1.54) is 0 Å². The van der Waals surface area contributed by atoms with Gasteiger partial charge in [0.15, 0.2) is 11.6 Å². The predicted molar refractivity (Wildman–Crippen MR) is 155 cm³/mol. The van der Waals surface area contributed by atoms with E-state index < -0.39 is 11.6 Å². The normalized spacial score (nSPS) is 23.5. The van der Waals surface area contributed by atoms with Crippen molar-refractivity contribution in [1.29, 1.82) is 5.26 Å². The number of pyridine rings is 1. The number of likely N-dealkylation sites (N-methyl/N-ethyl adjacent to an activating group) is 1. The van der Waals surface area contributed by atoms with Crippen LogP contribution in [0.25, 0.3) is 32.2 Å². The van der Waals surface area contributed by atoms with Crippen LogP contribution in [0.2, 0.25) is 0 Å². The molecule has 1 aromatic carbocycles. The largest absolute Gasteiger partial charge is 0.389 e. The quantitative estimate of drug-likeness (QED) is 0.383. The Morgan fingerprint density at radius 3 is 2.71 bits per heavy atom. The van der Waals surface area contributed by atoms with E-state index in [9.17, 15) is 9.65 Å². The number of nitrogen functional groups attached to an aromatic ring is 1. The van der Waals surface area contributed by atoms with Crippen molar-refractivity contribution in [3.05, 3.63) is 40.7 Å². The van der Waals surface area contributed by atoms with Crippen LogP contribution in [0.15, 0.2) is 12.4 Å². The fraction of sp³-hybridized carbons (Fsp3) is 0.448. The molecular formula is C29H30F2N8OS. The summed E-state index contributed by atoms with van der Waals surface area (Å²) < 4.78 is 37.4. The van der Waals surface area contributed by atoms with Crippen LogP contribution in [0.5, 0.6) is 0 Å². The third-order valence-electron chi connectivity index (χ3n) is 9.01. The highest BCUT2D eigenvalue weighted by Gasteiger charge is 2.39. The van der Waals surface area contributed by atoms with Gasteiger partial charge in [-0.3, -0.25) is 9.88 Å². The monoisotopic (exact) mass is 576 g/mol. The Hall–Kier alpha value is -3.50. The van der Waals surface area contributed by atoms with Crippen molar-refractivity contribution in [2.45, 2.75) is 51.6 Å². The van der Waals surface area contributed by atoms with Gasteiger partial charge in [-0.1, -0.05) is 0 Å². The molecule has 3 aliphatic rings. The first-order chi connectivity index (χ1) is 19.8. The molecule has 0 bridgehead atoms. The van der Waals surface area contributed by atoms with Crippen LogP contribution in [0.4, 0.5) is 19.7 Å². The van der Waals surface area contributed by atoms with Gasteiger partial charge in [0, 0.05) is 66.8 Å². The van der Waals surface area contributed by atoms with Crippen molar-refractivity contribution in [3.8, 4) is 17.3 Å². The second kappa shape index (κ2) is 9.80. The summed E-state index contributed by atoms with van der Waals surface area (Å²) in [4.78, 5) is 20.9. The molecule has 3 aromatic heterocycles. The van der Waals surface area contributed by atoms with Crippen LogP contribution >= 0.6 is 11.3 Å². The number of piperazine rings is 1. The van der Waals surface area contributed by atoms with E-state index in [0.29, 0.717) is 29.0 Å². The molecule has 41 heavy (non-hydrogen) atoms. The van der Waals surface area contributed by atoms with Crippen LogP contribution < -0.4 is 10.6 Å². The van der Waals surface area contributed by atoms with E-state index in [-0.39, 0.29) is 56.7 Å². The molecule has 0 saturated carbocycles. The van der Waals surface area contributed by atoms with E-state index in [1.54, 1.807) is 6.20 Å². The van der Waals surface area contributed by atoms with Crippen LogP contribution in [-0.4, -0.2) is 76.1 Å². The number of rotatable bonds is 3. The van der Waals surface area contributed by atoms with Gasteiger partial charge >= 0.3 is 0 Å². The molecule has 2 saturated heterocycles. The third-order valence-corrected chi connectivity index (χ3v) is 10.0. The topological polar surface area (TPSA) is 107 Å². The van der Waals surface area contributed by atoms with Crippen molar-refractivity contribution < 1.29 is 13.5 Å². The summed E-state index contributed by atoms with van der Waals surface area (Å²) in [6, 6.07) is 3.02. The zero-order valence-corrected chi connectivity index (χ0v) is 23.9. The van der Waals surface area contributed by atoms with E-state index in [0.717, 1.165) is 55.7 Å². The lowest BCUT2D eigenvalue weighted by Crippen LogP contribution is -2.56. The van der Waals surface area contributed by atoms with E-state index in [1.807, 2.05) is 0 Å². The summed E-state index contributed by atoms with van der Waals surface area (Å²) in [5.74, 6) is -0.710. The Labute approximate surface area is 240 Å². The predicted octanol–water partition coefficient (Wildman–Crippen LogP) is 4.27. The highest BCUT2D eigenvalue weighted by atomic mass is 32.1. The van der Waals surface area contributed by atoms with Gasteiger partial charge in [-0.05, 0) is 38.4 Å². The molecule has 12 heteroatoms. The minimum atomic E-state index is -0.604. The molecule has 6 heterocycles. The number of fused-ring (bicyclic) bond motifs is 4. The Balaban J connectivity index is 1.35. The number of benzene rings is 1. The number of aromatic nitrogens is 3. The Kier molecular flexibility index (Phi) is 6.31. The molecule has 0 unspecified atom stereocenters. The van der Waals surface area contributed by atoms with Crippen LogP contribution in [0.3, 0.4) is 0 Å². The highest BCUT2D eigenvalue weighted by Crippen LogP contribution is 2.45. The van der Waals surface area contributed by atoms with Gasteiger partial charge in [-0.25, -0.2) is 18.7 Å². The summed E-state index contributed by atoms with van der Waals surface area (Å²) in [5, 5.41) is 10.8. The number of nitrogens with zero attached hydrogens (tertiary/aromatic N) is 7. The van der Waals surface area contributed by atoms with Crippen molar-refractivity contribution in [1.82, 2.24) is 24.8 Å². The van der Waals surface area contributed by atoms with Gasteiger partial charge in [-0.2, -0.15) is 5.26 Å². The third kappa shape index (κ3) is 3.98. The van der Waals surface area contributed by atoms with E-state index in [2.05, 4.69) is 46.6 Å². The summed E-state index contributed by atoms with van der Waals surface area (Å²) in [6.45, 7) is 8.76. The molecule has 7 rings (SSSR count). The summed E-state index contributed by atoms with van der Waals surface area (Å²) in [6.07, 6.45) is 3.72. The second-order valence-electron chi connectivity index (χ2n) is 11.3. The van der Waals surface area contributed by atoms with Crippen LogP contribution in [0.1, 0.15) is 37.0 Å². The van der Waals surface area contributed by atoms with Crippen molar-refractivity contribution in [2.75, 3.05) is 43.9 Å². The number of anilines is 2. The van der Waals surface area contributed by atoms with Gasteiger partial charge < -0.3 is 20.3 Å². The maximum Gasteiger partial charge on any atom is 0.226 e. The fourth-order valence-corrected chi connectivity index (χ4v) is 7.89. The number of ether oxygens (including phenoxy) is 1. The first-order valence-corrected chi connectivity index (χ1v) is 14.7. The molecule has 0 aliphatic carbocycles. The molecule has 4 aromatic rings. The molecule has 3 atom stereocenters. The first-order valence-electron chi connectivity index (χ1n) is 13.8. The number of hydrogen-bond donors (Lipinski definition) is 1. The number of nitrogens with two attached hydrogens (primary N) is 1. The number of nitriles is 1. The van der Waals surface area contributed by atoms with Gasteiger partial charge in [0.05, 0.1) is 35.4 Å². The first kappa shape index (κ1) is 26.4. The lowest BCUT2D eigenvalue weighted by Gasteiger charge is -2.43. The molecule has 0 spiro atoms. The summed E-state index contributed by atoms with van der Waals surface area (Å²) in [5.41, 5.74) is 8.05. The fourth-order valence-electron chi connectivity index (χ4n) is 6.97. The summed E-state index contributed by atoms with van der Waals surface area (Å²) in [7, 11) is 2.16. The SMILES string of the molecule is C[C@H]1[C@@H](N2CCN(C)C[C@@H]2C)CCN1c1ncc2c3c(c(-c4ncc(F)c5sc(N)c(C#N)c45)c(F)c2n1)COC3. The number of hydrogen-bond acceptors (Lipinski definition) is 10. The van der Waals surface area contributed by atoms with Crippen LogP contribution in [0, 0.1) is 23.0 Å². The van der Waals surface area contributed by atoms with Gasteiger partial charge in [-0.15, -0.1) is 11.3 Å². The highest BCUT2D eigenvalue weighted by molar-refractivity contribution is 7.23. The minimum Gasteiger partial charge on any atom is -0.389 e. The zero-order valence-electron chi connectivity index (χ0n) is 23.1. The lowest BCUT2D eigenvalue weighted by atomic mass is 9.94. The molecule has 2 fully saturated rings. The number of halogens is 2. The van der Waals surface area contributed by atoms with E-state index in [4.69, 9.17) is 20.4 Å². The number of thiophene rings is 1. The average Bonchev–Trinajstić information content (AvgIpc) is 3.67. The second-order valence-corrected chi connectivity index (χ2v) is 12.4. The Morgan fingerprint density at radius 2 is 1.93 bits per heavy atom. The Bertz CT molecular complexity index is 1750. The summed E-state index contributed by atoms with van der Waals surface area (Å²) >= 11 is 0.961. The minimum absolute atomic E-state index is 0.0950. The Morgan fingerprint density at radius 1 is 1.12 bits per heavy atom. The maximum atomic E-state index is 16.7. The van der Waals surface area contributed by atoms with Crippen molar-refractivity contribution in [3.63, 3.8) is 0 Å². The molecule has 9 nitrogen and oxygen atoms in total. The molecule has 3 aliphatic heterocycles. The molecule has 0 amide bonds. The molecule has 0 radical (unpaired) electrons. The van der Waals surface area contributed by atoms with Crippen molar-refractivity contribution >= 4 is 43.3 Å². The molecule has 212 valence electrons. The zero-order chi connectivity index (χ0) is 28.6. The lowest BCUT2D eigenvalue weighted by molar-refractivity contribution is 0.0593. The van der Waals surface area contributed by atoms with E-state index >= 15 is 4.39 Å². The molecular weight excluding hydrogens is 546 g/mol. The van der Waals surface area contributed by atoms with Gasteiger partial charge in [0.25, 0.3) is 0 Å². The van der Waals surface area contributed by atoms with Gasteiger partial charge in [0.2, 0.25) is 5.95 Å². The van der Waals surface area contributed by atoms with Crippen LogP contribution in [-0.2, 0) is 18.0 Å². The molecule has 2 N–H and O–H groups in total. The maximum absolute atomic E-state index is 16.7. The van der Waals surface area contributed by atoms with Gasteiger partial charge in [0.1, 0.15) is 16.6 Å². The smallest absolute Gasteiger partial charge is 0.226 e. The average molecular weight is 577 g/mol. The van der Waals surface area contributed by atoms with Crippen molar-refractivity contribution in [2.24, 2.45) is 0 Å². The standard InChI is InChI=1S/C29H30F2N8OS/c1-14-11-37(3)6-7-38(14)21-4-5-39(15(21)2)29-35-9-17-18-12-40-13-19(18)22(24(31)25(17)36-29)26-23-16(8-32)28(33)41-27(23)20(30)10-34-26/h9-10,14-15,21H,4-7,11-13,33H2,1-3H3/t14-,15-,21-/m0/s1.